The number of fused-ring (bicyclic) bond motifs is 1. The van der Waals surface area contributed by atoms with E-state index < -0.39 is 72.0 Å². The lowest BCUT2D eigenvalue weighted by Gasteiger charge is -2.30. The molecule has 8 atom stereocenters. The highest BCUT2D eigenvalue weighted by Crippen LogP contribution is 2.36. The molecule has 0 bridgehead atoms. The van der Waals surface area contributed by atoms with Crippen LogP contribution in [0.3, 0.4) is 0 Å². The molecule has 2 heterocycles. The van der Waals surface area contributed by atoms with E-state index in [1.165, 1.54) is 0 Å². The summed E-state index contributed by atoms with van der Waals surface area (Å²) in [6.45, 7) is 14.2. The van der Waals surface area contributed by atoms with E-state index in [0.717, 1.165) is 0 Å². The van der Waals surface area contributed by atoms with Crippen molar-refractivity contribution in [3.63, 3.8) is 0 Å². The van der Waals surface area contributed by atoms with Crippen molar-refractivity contribution in [3.05, 3.63) is 0 Å². The monoisotopic (exact) mass is 530 g/mol. The highest BCUT2D eigenvalue weighted by molar-refractivity contribution is 5.82. The number of esters is 2. The van der Waals surface area contributed by atoms with E-state index in [9.17, 15) is 29.4 Å². The normalized spacial score (nSPS) is 26.4. The van der Waals surface area contributed by atoms with Crippen LogP contribution in [-0.4, -0.2) is 71.7 Å². The van der Waals surface area contributed by atoms with Crippen LogP contribution in [0, 0.1) is 47.3 Å². The Kier molecular flexibility index (Phi) is 12.0. The smallest absolute Gasteiger partial charge is 0.310 e. The predicted molar refractivity (Wildman–Crippen MR) is 135 cm³/mol. The summed E-state index contributed by atoms with van der Waals surface area (Å²) in [5.41, 5.74) is 0. The predicted octanol–water partition coefficient (Wildman–Crippen LogP) is 3.50. The number of aliphatic carboxylic acids is 2. The fraction of sp³-hybridized carbons (Fsp3) is 0.852. The topological polar surface area (TPSA) is 146 Å². The van der Waals surface area contributed by atoms with Crippen molar-refractivity contribution >= 4 is 23.9 Å². The Bertz CT molecular complexity index is 739. The lowest BCUT2D eigenvalue weighted by atomic mass is 9.77. The quantitative estimate of drug-likeness (QED) is 0.359. The molecule has 2 rings (SSSR count). The molecule has 2 aliphatic heterocycles. The molecule has 214 valence electrons. The number of carbonyl (C=O) groups excluding carboxylic acids is 2. The minimum absolute atomic E-state index is 0. The molecular weight excluding hydrogens is 484 g/mol. The van der Waals surface area contributed by atoms with Gasteiger partial charge in [0.25, 0.3) is 0 Å². The summed E-state index contributed by atoms with van der Waals surface area (Å²) in [6.07, 6.45) is -2.87. The summed E-state index contributed by atoms with van der Waals surface area (Å²) in [6, 6.07) is 0. The zero-order valence-corrected chi connectivity index (χ0v) is 22.5. The minimum Gasteiger partial charge on any atom is -0.481 e. The first kappa shape index (κ1) is 32.8. The van der Waals surface area contributed by atoms with Gasteiger partial charge in [0.15, 0.2) is 12.2 Å². The molecule has 0 amide bonds. The van der Waals surface area contributed by atoms with Crippen LogP contribution in [0.5, 0.6) is 0 Å². The standard InChI is InChI=1S/C26H42O10.CH4/c1-11(2)17(23(27)28)19(13(5)6)25(31)35-15-9-33-22-16(10-34-21(15)22)36-26(32)20(14(7)8)18(12(3)4)24(29)30;/h11-22H,9-10H2,1-8H3,(H,27,28)(H,29,30);1H4/t15-,16-,17?,18?,19?,20?,21-,22-;/m1./s1. The Morgan fingerprint density at radius 1 is 0.595 bits per heavy atom. The van der Waals surface area contributed by atoms with Gasteiger partial charge in [-0.1, -0.05) is 62.8 Å². The van der Waals surface area contributed by atoms with E-state index in [4.69, 9.17) is 18.9 Å². The Morgan fingerprint density at radius 3 is 1.08 bits per heavy atom. The van der Waals surface area contributed by atoms with Crippen LogP contribution in [-0.2, 0) is 38.1 Å². The van der Waals surface area contributed by atoms with Gasteiger partial charge in [-0.3, -0.25) is 19.2 Å². The van der Waals surface area contributed by atoms with Gasteiger partial charge in [0.1, 0.15) is 12.2 Å². The highest BCUT2D eigenvalue weighted by Gasteiger charge is 2.53. The summed E-state index contributed by atoms with van der Waals surface area (Å²) in [7, 11) is 0. The van der Waals surface area contributed by atoms with Gasteiger partial charge < -0.3 is 29.2 Å². The van der Waals surface area contributed by atoms with Crippen molar-refractivity contribution in [2.75, 3.05) is 13.2 Å². The number of hydrogen-bond acceptors (Lipinski definition) is 8. The third-order valence-electron chi connectivity index (χ3n) is 7.26. The average molecular weight is 531 g/mol. The molecule has 2 N–H and O–H groups in total. The largest absolute Gasteiger partial charge is 0.481 e. The number of carboxylic acid groups (broad SMARTS) is 2. The maximum Gasteiger partial charge on any atom is 0.310 e. The Hall–Kier alpha value is -2.20. The number of carbonyl (C=O) groups is 4. The molecule has 4 unspecified atom stereocenters. The van der Waals surface area contributed by atoms with Gasteiger partial charge in [-0.05, 0) is 23.7 Å². The second-order valence-electron chi connectivity index (χ2n) is 11.3. The lowest BCUT2D eigenvalue weighted by Crippen LogP contribution is -2.43. The second-order valence-corrected chi connectivity index (χ2v) is 11.3. The summed E-state index contributed by atoms with van der Waals surface area (Å²) < 4.78 is 23.0. The summed E-state index contributed by atoms with van der Waals surface area (Å²) in [4.78, 5) is 49.8. The van der Waals surface area contributed by atoms with Crippen molar-refractivity contribution in [1.29, 1.82) is 0 Å². The maximum atomic E-state index is 13.1. The molecule has 0 aromatic heterocycles. The first-order valence-corrected chi connectivity index (χ1v) is 12.8. The molecule has 2 aliphatic rings. The van der Waals surface area contributed by atoms with Crippen LogP contribution in [0.4, 0.5) is 0 Å². The fourth-order valence-electron chi connectivity index (χ4n) is 5.46. The number of ether oxygens (including phenoxy) is 4. The molecule has 0 radical (unpaired) electrons. The van der Waals surface area contributed by atoms with Crippen molar-refractivity contribution in [2.24, 2.45) is 47.3 Å². The van der Waals surface area contributed by atoms with Crippen LogP contribution in [0.1, 0.15) is 62.8 Å². The fourth-order valence-corrected chi connectivity index (χ4v) is 5.46. The van der Waals surface area contributed by atoms with E-state index >= 15 is 0 Å². The molecular formula is C27H46O10. The van der Waals surface area contributed by atoms with Crippen LogP contribution in [0.25, 0.3) is 0 Å². The van der Waals surface area contributed by atoms with E-state index in [1.54, 1.807) is 55.4 Å². The highest BCUT2D eigenvalue weighted by atomic mass is 16.7. The molecule has 37 heavy (non-hydrogen) atoms. The molecule has 10 heteroatoms. The third-order valence-corrected chi connectivity index (χ3v) is 7.26. The first-order valence-electron chi connectivity index (χ1n) is 12.8. The molecule has 0 saturated carbocycles. The third kappa shape index (κ3) is 7.44. The molecule has 0 aliphatic carbocycles. The van der Waals surface area contributed by atoms with Crippen molar-refractivity contribution in [3.8, 4) is 0 Å². The van der Waals surface area contributed by atoms with Crippen LogP contribution >= 0.6 is 0 Å². The SMILES string of the molecule is C.CC(C)C(C(=O)O)C(C(=O)O[C@@H]1CO[C@H]2[C@@H]1OC[C@H]2OC(=O)C(C(C)C)C(C(=O)O)C(C)C)C(C)C. The first-order chi connectivity index (χ1) is 16.7. The molecule has 0 aromatic rings. The lowest BCUT2D eigenvalue weighted by molar-refractivity contribution is -0.170. The van der Waals surface area contributed by atoms with Crippen LogP contribution in [0.2, 0.25) is 0 Å². The van der Waals surface area contributed by atoms with Crippen molar-refractivity contribution in [1.82, 2.24) is 0 Å². The van der Waals surface area contributed by atoms with Gasteiger partial charge in [-0.15, -0.1) is 0 Å². The Morgan fingerprint density at radius 2 is 0.865 bits per heavy atom. The summed E-state index contributed by atoms with van der Waals surface area (Å²) in [5, 5.41) is 19.4. The number of hydrogen-bond donors (Lipinski definition) is 2. The molecule has 2 saturated heterocycles. The molecule has 0 spiro atoms. The van der Waals surface area contributed by atoms with E-state index in [-0.39, 0.29) is 44.3 Å². The average Bonchev–Trinajstić information content (AvgIpc) is 3.31. The zero-order chi connectivity index (χ0) is 27.5. The summed E-state index contributed by atoms with van der Waals surface area (Å²) in [5.74, 6) is -7.86. The molecule has 2 fully saturated rings. The Labute approximate surface area is 220 Å². The van der Waals surface area contributed by atoms with Gasteiger partial charge in [-0.25, -0.2) is 0 Å². The van der Waals surface area contributed by atoms with Crippen LogP contribution < -0.4 is 0 Å². The minimum atomic E-state index is -1.05. The van der Waals surface area contributed by atoms with E-state index in [2.05, 4.69) is 0 Å². The van der Waals surface area contributed by atoms with Gasteiger partial charge in [0.2, 0.25) is 0 Å². The van der Waals surface area contributed by atoms with E-state index in [0.29, 0.717) is 0 Å². The number of carboxylic acids is 2. The van der Waals surface area contributed by atoms with Gasteiger partial charge in [-0.2, -0.15) is 0 Å². The molecule has 0 aromatic carbocycles. The van der Waals surface area contributed by atoms with Crippen molar-refractivity contribution in [2.45, 2.75) is 87.2 Å². The summed E-state index contributed by atoms with van der Waals surface area (Å²) >= 11 is 0. The zero-order valence-electron chi connectivity index (χ0n) is 22.5. The van der Waals surface area contributed by atoms with Crippen molar-refractivity contribution < 1.29 is 48.3 Å². The number of rotatable bonds is 12. The van der Waals surface area contributed by atoms with Crippen LogP contribution in [0.15, 0.2) is 0 Å². The molecule has 10 nitrogen and oxygen atoms in total. The Balaban J connectivity index is 0.00000684. The second kappa shape index (κ2) is 13.6. The maximum absolute atomic E-state index is 13.1. The van der Waals surface area contributed by atoms with E-state index in [1.807, 2.05) is 0 Å². The van der Waals surface area contributed by atoms with Gasteiger partial charge in [0, 0.05) is 0 Å². The van der Waals surface area contributed by atoms with Gasteiger partial charge in [0.05, 0.1) is 36.9 Å². The van der Waals surface area contributed by atoms with Gasteiger partial charge >= 0.3 is 23.9 Å².